The summed E-state index contributed by atoms with van der Waals surface area (Å²) in [6.07, 6.45) is 1.35. The van der Waals surface area contributed by atoms with Gasteiger partial charge in [-0.15, -0.1) is 0 Å². The first-order chi connectivity index (χ1) is 3.79. The minimum Gasteiger partial charge on any atom is -0.298 e. The first kappa shape index (κ1) is 6.30. The summed E-state index contributed by atoms with van der Waals surface area (Å²) < 4.78 is 0. The van der Waals surface area contributed by atoms with Crippen LogP contribution < -0.4 is 0 Å². The standard InChI is InChI=1S/C6H13NS/c1-7-4-3-5-8(2)6-7/h2-6H2,1H3. The van der Waals surface area contributed by atoms with E-state index in [9.17, 15) is 0 Å². The summed E-state index contributed by atoms with van der Waals surface area (Å²) in [7, 11) is 2.63. The summed E-state index contributed by atoms with van der Waals surface area (Å²) >= 11 is 0. The molecule has 8 heavy (non-hydrogen) atoms. The third-order valence-electron chi connectivity index (χ3n) is 1.38. The van der Waals surface area contributed by atoms with Gasteiger partial charge >= 0.3 is 0 Å². The highest BCUT2D eigenvalue weighted by Gasteiger charge is 2.05. The topological polar surface area (TPSA) is 3.24 Å². The average molecular weight is 131 g/mol. The average Bonchev–Trinajstić information content (AvgIpc) is 1.64. The van der Waals surface area contributed by atoms with Crippen molar-refractivity contribution in [1.82, 2.24) is 4.90 Å². The number of hydrogen-bond donors (Lipinski definition) is 0. The second kappa shape index (κ2) is 2.65. The maximum Gasteiger partial charge on any atom is 0.0386 e. The maximum absolute atomic E-state index is 4.03. The molecule has 0 radical (unpaired) electrons. The Hall–Kier alpha value is 0.180. The number of nitrogens with zero attached hydrogens (tertiary/aromatic N) is 1. The normalized spacial score (nSPS) is 32.9. The molecule has 1 fully saturated rings. The Labute approximate surface area is 53.6 Å². The first-order valence-corrected chi connectivity index (χ1v) is 4.68. The lowest BCUT2D eigenvalue weighted by molar-refractivity contribution is 0.383. The van der Waals surface area contributed by atoms with Gasteiger partial charge in [0.1, 0.15) is 0 Å². The van der Waals surface area contributed by atoms with Gasteiger partial charge in [0.05, 0.1) is 0 Å². The van der Waals surface area contributed by atoms with E-state index in [1.165, 1.54) is 24.6 Å². The van der Waals surface area contributed by atoms with E-state index in [0.29, 0.717) is 10.5 Å². The van der Waals surface area contributed by atoms with Crippen LogP contribution >= 0.6 is 10.5 Å². The van der Waals surface area contributed by atoms with E-state index >= 15 is 0 Å². The van der Waals surface area contributed by atoms with Gasteiger partial charge in [-0.05, 0) is 25.8 Å². The summed E-state index contributed by atoms with van der Waals surface area (Å²) in [4.78, 5) is 2.36. The van der Waals surface area contributed by atoms with Gasteiger partial charge in [0, 0.05) is 5.88 Å². The predicted octanol–water partition coefficient (Wildman–Crippen LogP) is 0.980. The fourth-order valence-electron chi connectivity index (χ4n) is 0.979. The van der Waals surface area contributed by atoms with Crippen molar-refractivity contribution >= 4 is 16.4 Å². The Morgan fingerprint density at radius 1 is 1.62 bits per heavy atom. The molecule has 0 amide bonds. The molecule has 48 valence electrons. The van der Waals surface area contributed by atoms with Gasteiger partial charge in [-0.25, -0.2) is 0 Å². The zero-order valence-corrected chi connectivity index (χ0v) is 6.21. The van der Waals surface area contributed by atoms with Crippen molar-refractivity contribution in [3.05, 3.63) is 0 Å². The summed E-state index contributed by atoms with van der Waals surface area (Å²) in [5, 5.41) is 0. The Morgan fingerprint density at radius 2 is 2.38 bits per heavy atom. The molecule has 1 heterocycles. The first-order valence-electron chi connectivity index (χ1n) is 2.95. The summed E-state index contributed by atoms with van der Waals surface area (Å²) in [5.74, 6) is 6.61. The van der Waals surface area contributed by atoms with Gasteiger partial charge in [0.2, 0.25) is 0 Å². The van der Waals surface area contributed by atoms with Gasteiger partial charge in [-0.2, -0.15) is 10.5 Å². The molecule has 1 atom stereocenters. The Bertz CT molecular complexity index is 101. The Morgan fingerprint density at radius 3 is 2.75 bits per heavy atom. The molecule has 0 spiro atoms. The Balaban J connectivity index is 2.34. The van der Waals surface area contributed by atoms with Crippen molar-refractivity contribution in [2.24, 2.45) is 0 Å². The van der Waals surface area contributed by atoms with Crippen molar-refractivity contribution in [1.29, 1.82) is 0 Å². The van der Waals surface area contributed by atoms with Crippen LogP contribution in [0.15, 0.2) is 0 Å². The van der Waals surface area contributed by atoms with Gasteiger partial charge in [-0.3, -0.25) is 4.90 Å². The van der Waals surface area contributed by atoms with E-state index in [2.05, 4.69) is 17.8 Å². The molecule has 1 aliphatic heterocycles. The Kier molecular flexibility index (Phi) is 2.08. The van der Waals surface area contributed by atoms with Crippen molar-refractivity contribution in [3.8, 4) is 0 Å². The smallest absolute Gasteiger partial charge is 0.0386 e. The van der Waals surface area contributed by atoms with Crippen LogP contribution in [0.25, 0.3) is 0 Å². The fourth-order valence-corrected chi connectivity index (χ4v) is 2.40. The van der Waals surface area contributed by atoms with Crippen LogP contribution in [0.2, 0.25) is 0 Å². The highest BCUT2D eigenvalue weighted by molar-refractivity contribution is 8.14. The van der Waals surface area contributed by atoms with Crippen molar-refractivity contribution in [2.75, 3.05) is 25.2 Å². The quantitative estimate of drug-likeness (QED) is 0.443. The molecular weight excluding hydrogens is 118 g/mol. The van der Waals surface area contributed by atoms with Gasteiger partial charge in [-0.1, -0.05) is 5.87 Å². The molecule has 1 rings (SSSR count). The summed E-state index contributed by atoms with van der Waals surface area (Å²) in [6.45, 7) is 1.28. The third kappa shape index (κ3) is 1.60. The van der Waals surface area contributed by atoms with E-state index < -0.39 is 0 Å². The van der Waals surface area contributed by atoms with E-state index in [-0.39, 0.29) is 0 Å². The van der Waals surface area contributed by atoms with Gasteiger partial charge in [0.15, 0.2) is 0 Å². The molecule has 0 aromatic rings. The highest BCUT2D eigenvalue weighted by atomic mass is 32.2. The lowest BCUT2D eigenvalue weighted by Crippen LogP contribution is -2.25. The number of hydrogen-bond acceptors (Lipinski definition) is 1. The molecule has 1 saturated heterocycles. The number of rotatable bonds is 0. The minimum absolute atomic E-state index is 0.456. The summed E-state index contributed by atoms with van der Waals surface area (Å²) in [5.41, 5.74) is 0. The predicted molar refractivity (Wildman–Crippen MR) is 41.7 cm³/mol. The van der Waals surface area contributed by atoms with Crippen molar-refractivity contribution < 1.29 is 0 Å². The van der Waals surface area contributed by atoms with Crippen LogP contribution in [0.4, 0.5) is 0 Å². The van der Waals surface area contributed by atoms with Crippen LogP contribution in [0.1, 0.15) is 6.42 Å². The van der Waals surface area contributed by atoms with Crippen molar-refractivity contribution in [2.45, 2.75) is 6.42 Å². The molecule has 0 aliphatic carbocycles. The largest absolute Gasteiger partial charge is 0.298 e. The van der Waals surface area contributed by atoms with Crippen LogP contribution in [-0.4, -0.2) is 36.0 Å². The van der Waals surface area contributed by atoms with Crippen LogP contribution in [-0.2, 0) is 0 Å². The minimum atomic E-state index is 0.456. The molecule has 0 N–H and O–H groups in total. The highest BCUT2D eigenvalue weighted by Crippen LogP contribution is 2.17. The second-order valence-corrected chi connectivity index (χ2v) is 4.27. The van der Waals surface area contributed by atoms with E-state index in [4.69, 9.17) is 0 Å². The molecule has 0 aromatic carbocycles. The van der Waals surface area contributed by atoms with E-state index in [0.717, 1.165) is 0 Å². The monoisotopic (exact) mass is 131 g/mol. The molecular formula is C6H13NS. The zero-order valence-electron chi connectivity index (χ0n) is 5.39. The molecule has 2 heteroatoms. The molecule has 1 unspecified atom stereocenters. The molecule has 0 saturated carbocycles. The molecule has 0 bridgehead atoms. The third-order valence-corrected chi connectivity index (χ3v) is 3.05. The van der Waals surface area contributed by atoms with Gasteiger partial charge < -0.3 is 0 Å². The van der Waals surface area contributed by atoms with Crippen LogP contribution in [0.3, 0.4) is 0 Å². The molecule has 0 aromatic heterocycles. The van der Waals surface area contributed by atoms with E-state index in [1.54, 1.807) is 0 Å². The second-order valence-electron chi connectivity index (χ2n) is 2.38. The zero-order chi connectivity index (χ0) is 5.98. The van der Waals surface area contributed by atoms with Crippen LogP contribution in [0.5, 0.6) is 0 Å². The lowest BCUT2D eigenvalue weighted by Gasteiger charge is -2.24. The van der Waals surface area contributed by atoms with Crippen LogP contribution in [0, 0.1) is 0 Å². The fraction of sp³-hybridized carbons (Fsp3) is 0.833. The maximum atomic E-state index is 4.03. The SMILES string of the molecule is C=S1CCCN(C)C1. The molecule has 1 nitrogen and oxygen atoms in total. The summed E-state index contributed by atoms with van der Waals surface area (Å²) in [6, 6.07) is 0. The molecule has 1 aliphatic rings. The lowest BCUT2D eigenvalue weighted by atomic mass is 10.4. The van der Waals surface area contributed by atoms with Gasteiger partial charge in [0.25, 0.3) is 0 Å². The van der Waals surface area contributed by atoms with E-state index in [1.807, 2.05) is 0 Å². The van der Waals surface area contributed by atoms with Crippen molar-refractivity contribution in [3.63, 3.8) is 0 Å².